The highest BCUT2D eigenvalue weighted by Gasteiger charge is 2.39. The van der Waals surface area contributed by atoms with Crippen molar-refractivity contribution in [2.75, 3.05) is 19.9 Å². The van der Waals surface area contributed by atoms with Crippen molar-refractivity contribution in [2.24, 2.45) is 5.73 Å². The Kier molecular flexibility index (Phi) is 6.59. The molecule has 0 aliphatic rings. The maximum absolute atomic E-state index is 6.19. The van der Waals surface area contributed by atoms with Crippen LogP contribution in [0.3, 0.4) is 0 Å². The molecule has 0 radical (unpaired) electrons. The van der Waals surface area contributed by atoms with Crippen molar-refractivity contribution in [1.82, 2.24) is 0 Å². The summed E-state index contributed by atoms with van der Waals surface area (Å²) < 4.78 is 11.8. The Morgan fingerprint density at radius 1 is 1.12 bits per heavy atom. The van der Waals surface area contributed by atoms with Crippen LogP contribution in [0.5, 0.6) is 0 Å². The normalized spacial score (nSPS) is 16.9. The second-order valence-electron chi connectivity index (χ2n) is 6.65. The van der Waals surface area contributed by atoms with E-state index in [1.165, 1.54) is 0 Å². The molecule has 0 heterocycles. The van der Waals surface area contributed by atoms with Gasteiger partial charge in [0.25, 0.3) is 0 Å². The molecule has 0 fully saturated rings. The van der Waals surface area contributed by atoms with Crippen LogP contribution in [-0.4, -0.2) is 36.5 Å². The van der Waals surface area contributed by atoms with E-state index in [1.807, 2.05) is 0 Å². The van der Waals surface area contributed by atoms with Gasteiger partial charge in [-0.1, -0.05) is 33.9 Å². The zero-order chi connectivity index (χ0) is 13.7. The molecule has 5 heteroatoms. The van der Waals surface area contributed by atoms with Crippen molar-refractivity contribution in [1.29, 1.82) is 0 Å². The van der Waals surface area contributed by atoms with Crippen LogP contribution < -0.4 is 5.73 Å². The van der Waals surface area contributed by atoms with Crippen molar-refractivity contribution >= 4 is 16.6 Å². The highest BCUT2D eigenvalue weighted by Crippen LogP contribution is 2.36. The molecule has 0 spiro atoms. The first kappa shape index (κ1) is 17.3. The lowest BCUT2D eigenvalue weighted by Gasteiger charge is -2.39. The van der Waals surface area contributed by atoms with Crippen LogP contribution in [0.25, 0.3) is 0 Å². The number of hydrogen-bond acceptors (Lipinski definition) is 3. The first-order chi connectivity index (χ1) is 7.58. The van der Waals surface area contributed by atoms with E-state index >= 15 is 0 Å². The maximum Gasteiger partial charge on any atom is 0.334 e. The molecule has 1 unspecified atom stereocenters. The van der Waals surface area contributed by atoms with Gasteiger partial charge in [0.05, 0.1) is 8.07 Å². The van der Waals surface area contributed by atoms with E-state index < -0.39 is 16.6 Å². The van der Waals surface area contributed by atoms with Crippen LogP contribution in [0.4, 0.5) is 0 Å². The number of hydrogen-bond donors (Lipinski definition) is 1. The van der Waals surface area contributed by atoms with E-state index in [2.05, 4.69) is 40.4 Å². The summed E-state index contributed by atoms with van der Waals surface area (Å²) in [4.78, 5) is 0. The Balaban J connectivity index is 4.41. The molecule has 1 atom stereocenters. The third-order valence-corrected chi connectivity index (χ3v) is 12.1. The lowest BCUT2D eigenvalue weighted by molar-refractivity contribution is 0.230. The van der Waals surface area contributed by atoms with E-state index in [4.69, 9.17) is 14.6 Å². The minimum absolute atomic E-state index is 0.365. The summed E-state index contributed by atoms with van der Waals surface area (Å²) >= 11 is 0. The summed E-state index contributed by atoms with van der Waals surface area (Å²) in [6.45, 7) is 14.6. The van der Waals surface area contributed by atoms with Gasteiger partial charge in [0, 0.05) is 13.3 Å². The molecule has 0 saturated heterocycles. The molecule has 2 N–H and O–H groups in total. The number of nitrogens with two attached hydrogens (primary N) is 1. The van der Waals surface area contributed by atoms with Gasteiger partial charge in [-0.3, -0.25) is 0 Å². The van der Waals surface area contributed by atoms with Gasteiger partial charge in [-0.15, -0.1) is 0 Å². The third-order valence-electron chi connectivity index (χ3n) is 4.04. The fourth-order valence-corrected chi connectivity index (χ4v) is 5.62. The molecule has 104 valence electrons. The quantitative estimate of drug-likeness (QED) is 0.727. The van der Waals surface area contributed by atoms with Crippen molar-refractivity contribution < 1.29 is 8.85 Å². The average molecular weight is 278 g/mol. The number of rotatable bonds is 7. The highest BCUT2D eigenvalue weighted by molar-refractivity contribution is 6.81. The van der Waals surface area contributed by atoms with E-state index in [0.717, 1.165) is 25.2 Å². The van der Waals surface area contributed by atoms with E-state index in [0.29, 0.717) is 5.04 Å². The molecule has 0 aromatic rings. The molecular formula is C12H31NO2Si2. The first-order valence-corrected chi connectivity index (χ1v) is 12.2. The molecule has 0 amide bonds. The fourth-order valence-electron chi connectivity index (χ4n) is 1.21. The van der Waals surface area contributed by atoms with E-state index in [1.54, 1.807) is 7.11 Å². The summed E-state index contributed by atoms with van der Waals surface area (Å²) in [5.41, 5.74) is 5.56. The van der Waals surface area contributed by atoms with Crippen LogP contribution >= 0.6 is 0 Å². The summed E-state index contributed by atoms with van der Waals surface area (Å²) in [6.07, 6.45) is 1.88. The SMILES string of the molecule is CO[Si](C)(CCCN)OC[Si](C)(C)C(C)(C)C. The molecule has 3 nitrogen and oxygen atoms in total. The monoisotopic (exact) mass is 277 g/mol. The predicted octanol–water partition coefficient (Wildman–Crippen LogP) is 3.12. The van der Waals surface area contributed by atoms with Crippen molar-refractivity contribution in [2.45, 2.75) is 57.9 Å². The Bertz CT molecular complexity index is 229. The lowest BCUT2D eigenvalue weighted by Crippen LogP contribution is -2.48. The van der Waals surface area contributed by atoms with Crippen LogP contribution in [0.2, 0.25) is 30.7 Å². The molecule has 17 heavy (non-hydrogen) atoms. The largest absolute Gasteiger partial charge is 0.398 e. The Morgan fingerprint density at radius 2 is 1.65 bits per heavy atom. The third kappa shape index (κ3) is 5.65. The molecular weight excluding hydrogens is 246 g/mol. The van der Waals surface area contributed by atoms with Gasteiger partial charge in [-0.2, -0.15) is 0 Å². The zero-order valence-electron chi connectivity index (χ0n) is 12.7. The van der Waals surface area contributed by atoms with Crippen molar-refractivity contribution in [3.63, 3.8) is 0 Å². The van der Waals surface area contributed by atoms with Gasteiger partial charge < -0.3 is 14.6 Å². The molecule has 0 aromatic carbocycles. The van der Waals surface area contributed by atoms with Gasteiger partial charge >= 0.3 is 8.56 Å². The summed E-state index contributed by atoms with van der Waals surface area (Å²) in [5, 5.41) is 0.365. The minimum atomic E-state index is -1.98. The molecule has 0 bridgehead atoms. The Hall–Kier alpha value is 0.314. The molecule has 0 aliphatic carbocycles. The van der Waals surface area contributed by atoms with Crippen molar-refractivity contribution in [3.8, 4) is 0 Å². The van der Waals surface area contributed by atoms with Gasteiger partial charge in [-0.25, -0.2) is 0 Å². The van der Waals surface area contributed by atoms with Crippen LogP contribution in [0.1, 0.15) is 27.2 Å². The Morgan fingerprint density at radius 3 is 2.00 bits per heavy atom. The smallest absolute Gasteiger partial charge is 0.334 e. The first-order valence-electron chi connectivity index (χ1n) is 6.47. The minimum Gasteiger partial charge on any atom is -0.398 e. The van der Waals surface area contributed by atoms with Crippen molar-refractivity contribution in [3.05, 3.63) is 0 Å². The summed E-state index contributed by atoms with van der Waals surface area (Å²) in [7, 11) is -1.57. The molecule has 0 aromatic heterocycles. The second-order valence-corrected chi connectivity index (χ2v) is 15.7. The van der Waals surface area contributed by atoms with E-state index in [9.17, 15) is 0 Å². The van der Waals surface area contributed by atoms with E-state index in [-0.39, 0.29) is 0 Å². The standard InChI is InChI=1S/C12H31NO2Si2/c1-12(2,3)16(5,6)11-15-17(7,14-4)10-8-9-13/h8-11,13H2,1-7H3. The summed E-state index contributed by atoms with van der Waals surface area (Å²) in [5.74, 6) is 0. The zero-order valence-corrected chi connectivity index (χ0v) is 14.7. The Labute approximate surface area is 109 Å². The van der Waals surface area contributed by atoms with Gasteiger partial charge in [0.15, 0.2) is 0 Å². The van der Waals surface area contributed by atoms with Crippen LogP contribution in [-0.2, 0) is 8.85 Å². The van der Waals surface area contributed by atoms with Gasteiger partial charge in [0.2, 0.25) is 0 Å². The average Bonchev–Trinajstić information content (AvgIpc) is 2.22. The second kappa shape index (κ2) is 6.47. The topological polar surface area (TPSA) is 44.5 Å². The predicted molar refractivity (Wildman–Crippen MR) is 80.3 cm³/mol. The lowest BCUT2D eigenvalue weighted by atomic mass is 10.2. The van der Waals surface area contributed by atoms with Gasteiger partial charge in [0.1, 0.15) is 0 Å². The molecule has 0 aliphatic heterocycles. The van der Waals surface area contributed by atoms with Gasteiger partial charge in [-0.05, 0) is 30.6 Å². The molecule has 0 saturated carbocycles. The maximum atomic E-state index is 6.19. The summed E-state index contributed by atoms with van der Waals surface area (Å²) in [6, 6.07) is 0.995. The fraction of sp³-hybridized carbons (Fsp3) is 1.00. The molecule has 0 rings (SSSR count). The van der Waals surface area contributed by atoms with Crippen LogP contribution in [0, 0.1) is 0 Å². The van der Waals surface area contributed by atoms with Crippen LogP contribution in [0.15, 0.2) is 0 Å². The highest BCUT2D eigenvalue weighted by atomic mass is 28.4.